The van der Waals surface area contributed by atoms with Gasteiger partial charge in [-0.25, -0.2) is 0 Å². The van der Waals surface area contributed by atoms with E-state index in [-0.39, 0.29) is 12.6 Å². The molecule has 10 heteroatoms. The van der Waals surface area contributed by atoms with Gasteiger partial charge in [0.2, 0.25) is 0 Å². The predicted molar refractivity (Wildman–Crippen MR) is 82.3 cm³/mol. The fourth-order valence-corrected chi connectivity index (χ4v) is 2.63. The molecule has 25 heavy (non-hydrogen) atoms. The van der Waals surface area contributed by atoms with Crippen LogP contribution in [0, 0.1) is 10.1 Å². The number of benzene rings is 1. The van der Waals surface area contributed by atoms with Gasteiger partial charge in [-0.15, -0.1) is 0 Å². The van der Waals surface area contributed by atoms with Crippen molar-refractivity contribution < 1.29 is 27.6 Å². The van der Waals surface area contributed by atoms with E-state index in [1.165, 1.54) is 0 Å². The summed E-state index contributed by atoms with van der Waals surface area (Å²) >= 11 is 0. The molecule has 0 bridgehead atoms. The van der Waals surface area contributed by atoms with Crippen molar-refractivity contribution in [3.05, 3.63) is 39.4 Å². The monoisotopic (exact) mass is 361 g/mol. The largest absolute Gasteiger partial charge is 0.416 e. The summed E-state index contributed by atoms with van der Waals surface area (Å²) in [7, 11) is 1.62. The molecule has 1 aromatic carbocycles. The SMILES string of the molecule is CO[C@H]1CCN(CCNC(=O)c2cc([N+](=O)[O-])cc(C(F)(F)F)c2)C1. The van der Waals surface area contributed by atoms with Gasteiger partial charge in [-0.2, -0.15) is 13.2 Å². The first-order valence-corrected chi connectivity index (χ1v) is 7.60. The van der Waals surface area contributed by atoms with E-state index in [2.05, 4.69) is 10.2 Å². The summed E-state index contributed by atoms with van der Waals surface area (Å²) in [6.45, 7) is 2.27. The molecule has 1 aliphatic rings. The van der Waals surface area contributed by atoms with Gasteiger partial charge in [0.05, 0.1) is 16.6 Å². The lowest BCUT2D eigenvalue weighted by Gasteiger charge is -2.16. The number of nitrogens with zero attached hydrogens (tertiary/aromatic N) is 2. The zero-order valence-electron chi connectivity index (χ0n) is 13.5. The molecular formula is C15H18F3N3O4. The van der Waals surface area contributed by atoms with Gasteiger partial charge in [0.15, 0.2) is 0 Å². The first-order chi connectivity index (χ1) is 11.7. The number of methoxy groups -OCH3 is 1. The number of nitro benzene ring substituents is 1. The van der Waals surface area contributed by atoms with E-state index < -0.39 is 33.8 Å². The molecule has 0 saturated carbocycles. The molecule has 1 saturated heterocycles. The van der Waals surface area contributed by atoms with E-state index in [9.17, 15) is 28.1 Å². The van der Waals surface area contributed by atoms with E-state index in [0.29, 0.717) is 18.7 Å². The second-order valence-corrected chi connectivity index (χ2v) is 5.73. The number of nitro groups is 1. The second-order valence-electron chi connectivity index (χ2n) is 5.73. The number of likely N-dealkylation sites (tertiary alicyclic amines) is 1. The number of amides is 1. The minimum absolute atomic E-state index is 0.141. The number of carbonyl (C=O) groups is 1. The van der Waals surface area contributed by atoms with Crippen molar-refractivity contribution in [2.45, 2.75) is 18.7 Å². The highest BCUT2D eigenvalue weighted by Gasteiger charge is 2.33. The fourth-order valence-electron chi connectivity index (χ4n) is 2.63. The average molecular weight is 361 g/mol. The highest BCUT2D eigenvalue weighted by molar-refractivity contribution is 5.95. The third-order valence-corrected chi connectivity index (χ3v) is 3.99. The topological polar surface area (TPSA) is 84.7 Å². The highest BCUT2D eigenvalue weighted by atomic mass is 19.4. The summed E-state index contributed by atoms with van der Waals surface area (Å²) in [6.07, 6.45) is -3.75. The maximum atomic E-state index is 12.8. The van der Waals surface area contributed by atoms with Gasteiger partial charge in [0.1, 0.15) is 0 Å². The van der Waals surface area contributed by atoms with Crippen molar-refractivity contribution >= 4 is 11.6 Å². The number of rotatable bonds is 6. The Bertz CT molecular complexity index is 651. The summed E-state index contributed by atoms with van der Waals surface area (Å²) in [4.78, 5) is 23.9. The number of halogens is 3. The van der Waals surface area contributed by atoms with E-state index >= 15 is 0 Å². The molecule has 1 aromatic rings. The lowest BCUT2D eigenvalue weighted by molar-refractivity contribution is -0.385. The molecule has 1 aliphatic heterocycles. The molecule has 0 unspecified atom stereocenters. The minimum Gasteiger partial charge on any atom is -0.380 e. The molecular weight excluding hydrogens is 343 g/mol. The zero-order chi connectivity index (χ0) is 18.6. The molecule has 138 valence electrons. The Morgan fingerprint density at radius 3 is 2.72 bits per heavy atom. The predicted octanol–water partition coefficient (Wildman–Crippen LogP) is 2.06. The smallest absolute Gasteiger partial charge is 0.380 e. The molecule has 0 aliphatic carbocycles. The summed E-state index contributed by atoms with van der Waals surface area (Å²) in [6, 6.07) is 1.85. The standard InChI is InChI=1S/C15H18F3N3O4/c1-25-13-2-4-20(9-13)5-3-19-14(22)10-6-11(15(16,17)18)8-12(7-10)21(23)24/h6-8,13H,2-5,9H2,1H3,(H,19,22)/t13-/m0/s1. The van der Waals surface area contributed by atoms with Gasteiger partial charge in [-0.3, -0.25) is 19.8 Å². The Hall–Kier alpha value is -2.20. The fraction of sp³-hybridized carbons (Fsp3) is 0.533. The molecule has 1 amide bonds. The average Bonchev–Trinajstić information content (AvgIpc) is 3.01. The van der Waals surface area contributed by atoms with Crippen LogP contribution in [0.5, 0.6) is 0 Å². The Kier molecular flexibility index (Phi) is 5.96. The molecule has 0 aromatic heterocycles. The van der Waals surface area contributed by atoms with Gasteiger partial charge in [0, 0.05) is 51.0 Å². The molecule has 1 heterocycles. The first kappa shape index (κ1) is 19.1. The van der Waals surface area contributed by atoms with Crippen LogP contribution in [0.4, 0.5) is 18.9 Å². The Labute approximate surface area is 141 Å². The normalized spacial score (nSPS) is 18.3. The number of hydrogen-bond donors (Lipinski definition) is 1. The lowest BCUT2D eigenvalue weighted by Crippen LogP contribution is -2.34. The summed E-state index contributed by atoms with van der Waals surface area (Å²) in [5.74, 6) is -0.781. The number of hydrogen-bond acceptors (Lipinski definition) is 5. The molecule has 1 N–H and O–H groups in total. The van der Waals surface area contributed by atoms with Crippen LogP contribution < -0.4 is 5.32 Å². The number of non-ortho nitro benzene ring substituents is 1. The Balaban J connectivity index is 2.01. The third-order valence-electron chi connectivity index (χ3n) is 3.99. The van der Waals surface area contributed by atoms with Crippen molar-refractivity contribution in [3.8, 4) is 0 Å². The quantitative estimate of drug-likeness (QED) is 0.619. The number of alkyl halides is 3. The van der Waals surface area contributed by atoms with Crippen LogP contribution in [0.3, 0.4) is 0 Å². The van der Waals surface area contributed by atoms with E-state index in [1.807, 2.05) is 0 Å². The summed E-state index contributed by atoms with van der Waals surface area (Å²) in [5.41, 5.74) is -2.39. The lowest BCUT2D eigenvalue weighted by atomic mass is 10.1. The van der Waals surface area contributed by atoms with Crippen LogP contribution in [-0.4, -0.2) is 55.1 Å². The molecule has 0 spiro atoms. The van der Waals surface area contributed by atoms with Gasteiger partial charge in [-0.05, 0) is 12.5 Å². The number of carbonyl (C=O) groups excluding carboxylic acids is 1. The maximum absolute atomic E-state index is 12.8. The Morgan fingerprint density at radius 2 is 2.16 bits per heavy atom. The van der Waals surface area contributed by atoms with Crippen molar-refractivity contribution in [2.75, 3.05) is 33.3 Å². The van der Waals surface area contributed by atoms with Crippen molar-refractivity contribution in [3.63, 3.8) is 0 Å². The van der Waals surface area contributed by atoms with Crippen LogP contribution >= 0.6 is 0 Å². The van der Waals surface area contributed by atoms with E-state index in [1.54, 1.807) is 7.11 Å². The van der Waals surface area contributed by atoms with E-state index in [0.717, 1.165) is 25.6 Å². The number of ether oxygens (including phenoxy) is 1. The van der Waals surface area contributed by atoms with Crippen LogP contribution in [0.15, 0.2) is 18.2 Å². The van der Waals surface area contributed by atoms with Crippen LogP contribution in [-0.2, 0) is 10.9 Å². The summed E-state index contributed by atoms with van der Waals surface area (Å²) in [5, 5.41) is 13.3. The Morgan fingerprint density at radius 1 is 1.44 bits per heavy atom. The third kappa shape index (κ3) is 5.13. The highest BCUT2D eigenvalue weighted by Crippen LogP contribution is 2.32. The van der Waals surface area contributed by atoms with Gasteiger partial charge < -0.3 is 10.1 Å². The number of nitrogens with one attached hydrogen (secondary N) is 1. The van der Waals surface area contributed by atoms with Crippen molar-refractivity contribution in [1.82, 2.24) is 10.2 Å². The van der Waals surface area contributed by atoms with Gasteiger partial charge >= 0.3 is 6.18 Å². The zero-order valence-corrected chi connectivity index (χ0v) is 13.5. The maximum Gasteiger partial charge on any atom is 0.416 e. The van der Waals surface area contributed by atoms with Gasteiger partial charge in [-0.1, -0.05) is 0 Å². The molecule has 1 fully saturated rings. The molecule has 1 atom stereocenters. The van der Waals surface area contributed by atoms with E-state index in [4.69, 9.17) is 4.74 Å². The molecule has 7 nitrogen and oxygen atoms in total. The second kappa shape index (κ2) is 7.79. The van der Waals surface area contributed by atoms with Crippen molar-refractivity contribution in [1.29, 1.82) is 0 Å². The molecule has 0 radical (unpaired) electrons. The summed E-state index contributed by atoms with van der Waals surface area (Å²) < 4.78 is 43.7. The van der Waals surface area contributed by atoms with Crippen molar-refractivity contribution in [2.24, 2.45) is 0 Å². The van der Waals surface area contributed by atoms with Gasteiger partial charge in [0.25, 0.3) is 11.6 Å². The molecule has 2 rings (SSSR count). The minimum atomic E-state index is -4.77. The van der Waals surface area contributed by atoms with Crippen LogP contribution in [0.1, 0.15) is 22.3 Å². The first-order valence-electron chi connectivity index (χ1n) is 7.60. The van der Waals surface area contributed by atoms with Crippen LogP contribution in [0.25, 0.3) is 0 Å². The van der Waals surface area contributed by atoms with Crippen LogP contribution in [0.2, 0.25) is 0 Å².